The number of anilines is 1. The Hall–Kier alpha value is -2.71. The Morgan fingerprint density at radius 2 is 1.67 bits per heavy atom. The zero-order valence-corrected chi connectivity index (χ0v) is 15.9. The van der Waals surface area contributed by atoms with Crippen molar-refractivity contribution in [3.8, 4) is 0 Å². The molecule has 0 aromatic heterocycles. The van der Waals surface area contributed by atoms with Crippen LogP contribution in [0.5, 0.6) is 0 Å². The molecular formula is C19H23N3O4S. The molecule has 0 fully saturated rings. The maximum atomic E-state index is 12.0. The Morgan fingerprint density at radius 3 is 2.22 bits per heavy atom. The number of hydrogen-bond donors (Lipinski definition) is 2. The van der Waals surface area contributed by atoms with E-state index in [0.717, 1.165) is 11.3 Å². The maximum absolute atomic E-state index is 12.0. The van der Waals surface area contributed by atoms with E-state index in [2.05, 4.69) is 5.32 Å². The van der Waals surface area contributed by atoms with Crippen molar-refractivity contribution in [3.63, 3.8) is 0 Å². The number of hydrogen-bond acceptors (Lipinski definition) is 4. The molecule has 2 aromatic rings. The lowest BCUT2D eigenvalue weighted by molar-refractivity contribution is -0.121. The highest BCUT2D eigenvalue weighted by Gasteiger charge is 2.13. The summed E-state index contributed by atoms with van der Waals surface area (Å²) < 4.78 is 22.4. The smallest absolute Gasteiger partial charge is 0.238 e. The van der Waals surface area contributed by atoms with Gasteiger partial charge in [-0.1, -0.05) is 30.3 Å². The van der Waals surface area contributed by atoms with Gasteiger partial charge in [0.25, 0.3) is 0 Å². The van der Waals surface area contributed by atoms with Crippen LogP contribution in [0.4, 0.5) is 5.69 Å². The predicted octanol–water partition coefficient (Wildman–Crippen LogP) is 1.44. The minimum absolute atomic E-state index is 0.0560. The SMILES string of the molecule is CC(=O)N(CCC(=O)NCCc1ccc(S(N)(=O)=O)cc1)c1ccccc1. The van der Waals surface area contributed by atoms with E-state index >= 15 is 0 Å². The molecule has 144 valence electrons. The minimum Gasteiger partial charge on any atom is -0.356 e. The van der Waals surface area contributed by atoms with Crippen LogP contribution in [0.2, 0.25) is 0 Å². The summed E-state index contributed by atoms with van der Waals surface area (Å²) >= 11 is 0. The number of nitrogens with zero attached hydrogens (tertiary/aromatic N) is 1. The number of nitrogens with one attached hydrogen (secondary N) is 1. The highest BCUT2D eigenvalue weighted by atomic mass is 32.2. The van der Waals surface area contributed by atoms with E-state index in [1.165, 1.54) is 19.1 Å². The Bertz CT molecular complexity index is 881. The Balaban J connectivity index is 1.79. The second kappa shape index (κ2) is 9.29. The first-order valence-corrected chi connectivity index (χ1v) is 10.0. The molecule has 8 heteroatoms. The normalized spacial score (nSPS) is 11.0. The van der Waals surface area contributed by atoms with Crippen molar-refractivity contribution in [1.29, 1.82) is 0 Å². The van der Waals surface area contributed by atoms with Crippen LogP contribution in [-0.4, -0.2) is 33.3 Å². The molecule has 0 aliphatic rings. The van der Waals surface area contributed by atoms with Crippen LogP contribution >= 0.6 is 0 Å². The molecule has 2 amide bonds. The van der Waals surface area contributed by atoms with Gasteiger partial charge in [0.2, 0.25) is 21.8 Å². The van der Waals surface area contributed by atoms with Gasteiger partial charge in [0.15, 0.2) is 0 Å². The van der Waals surface area contributed by atoms with Gasteiger partial charge in [0, 0.05) is 32.1 Å². The molecule has 0 bridgehead atoms. The fourth-order valence-corrected chi connectivity index (χ4v) is 3.09. The summed E-state index contributed by atoms with van der Waals surface area (Å²) in [5.74, 6) is -0.276. The summed E-state index contributed by atoms with van der Waals surface area (Å²) in [6.45, 7) is 2.18. The number of amides is 2. The molecule has 0 spiro atoms. The van der Waals surface area contributed by atoms with Crippen LogP contribution in [0.1, 0.15) is 18.9 Å². The number of carbonyl (C=O) groups excluding carboxylic acids is 2. The van der Waals surface area contributed by atoms with E-state index in [1.807, 2.05) is 30.3 Å². The van der Waals surface area contributed by atoms with Gasteiger partial charge in [0.1, 0.15) is 0 Å². The summed E-state index contributed by atoms with van der Waals surface area (Å²) in [5.41, 5.74) is 1.64. The molecule has 0 saturated heterocycles. The largest absolute Gasteiger partial charge is 0.356 e. The third-order valence-electron chi connectivity index (χ3n) is 4.00. The lowest BCUT2D eigenvalue weighted by atomic mass is 10.1. The highest BCUT2D eigenvalue weighted by Crippen LogP contribution is 2.13. The molecule has 2 rings (SSSR count). The zero-order valence-electron chi connectivity index (χ0n) is 15.1. The fraction of sp³-hybridized carbons (Fsp3) is 0.263. The van der Waals surface area contributed by atoms with Crippen molar-refractivity contribution in [3.05, 3.63) is 60.2 Å². The average molecular weight is 389 g/mol. The lowest BCUT2D eigenvalue weighted by Gasteiger charge is -2.20. The van der Waals surface area contributed by atoms with Crippen molar-refractivity contribution in [2.24, 2.45) is 5.14 Å². The summed E-state index contributed by atoms with van der Waals surface area (Å²) in [4.78, 5) is 25.4. The van der Waals surface area contributed by atoms with Crippen LogP contribution in [-0.2, 0) is 26.0 Å². The lowest BCUT2D eigenvalue weighted by Crippen LogP contribution is -2.34. The van der Waals surface area contributed by atoms with Crippen LogP contribution in [0.3, 0.4) is 0 Å². The maximum Gasteiger partial charge on any atom is 0.238 e. The molecule has 0 atom stereocenters. The second-order valence-electron chi connectivity index (χ2n) is 6.05. The standard InChI is InChI=1S/C19H23N3O4S/c1-15(23)22(17-5-3-2-4-6-17)14-12-19(24)21-13-11-16-7-9-18(10-8-16)27(20,25)26/h2-10H,11-14H2,1H3,(H,21,24)(H2,20,25,26). The van der Waals surface area contributed by atoms with E-state index in [0.29, 0.717) is 19.5 Å². The van der Waals surface area contributed by atoms with Crippen LogP contribution < -0.4 is 15.4 Å². The molecule has 2 aromatic carbocycles. The molecule has 0 radical (unpaired) electrons. The minimum atomic E-state index is -3.70. The van der Waals surface area contributed by atoms with Crippen molar-refractivity contribution >= 4 is 27.5 Å². The molecule has 0 aliphatic carbocycles. The number of rotatable bonds is 8. The van der Waals surface area contributed by atoms with E-state index in [1.54, 1.807) is 17.0 Å². The number of para-hydroxylation sites is 1. The van der Waals surface area contributed by atoms with Gasteiger partial charge in [-0.2, -0.15) is 0 Å². The topological polar surface area (TPSA) is 110 Å². The van der Waals surface area contributed by atoms with Gasteiger partial charge in [-0.25, -0.2) is 13.6 Å². The van der Waals surface area contributed by atoms with E-state index in [-0.39, 0.29) is 23.1 Å². The average Bonchev–Trinajstić information content (AvgIpc) is 2.62. The molecule has 3 N–H and O–H groups in total. The number of sulfonamides is 1. The van der Waals surface area contributed by atoms with Crippen molar-refractivity contribution in [2.75, 3.05) is 18.0 Å². The predicted molar refractivity (Wildman–Crippen MR) is 104 cm³/mol. The van der Waals surface area contributed by atoms with Crippen LogP contribution in [0.25, 0.3) is 0 Å². The summed E-state index contributed by atoms with van der Waals surface area (Å²) in [6, 6.07) is 15.4. The molecule has 0 unspecified atom stereocenters. The number of primary sulfonamides is 1. The Morgan fingerprint density at radius 1 is 1.04 bits per heavy atom. The first-order chi connectivity index (χ1) is 12.8. The number of benzene rings is 2. The van der Waals surface area contributed by atoms with Crippen molar-refractivity contribution < 1.29 is 18.0 Å². The zero-order chi connectivity index (χ0) is 19.9. The third kappa shape index (κ3) is 6.50. The van der Waals surface area contributed by atoms with Gasteiger partial charge in [-0.15, -0.1) is 0 Å². The molecular weight excluding hydrogens is 366 g/mol. The molecule has 27 heavy (non-hydrogen) atoms. The Labute approximate surface area is 159 Å². The summed E-state index contributed by atoms with van der Waals surface area (Å²) in [5, 5.41) is 7.86. The number of carbonyl (C=O) groups is 2. The molecule has 7 nitrogen and oxygen atoms in total. The van der Waals surface area contributed by atoms with Gasteiger partial charge in [-0.3, -0.25) is 9.59 Å². The quantitative estimate of drug-likeness (QED) is 0.712. The monoisotopic (exact) mass is 389 g/mol. The van der Waals surface area contributed by atoms with Gasteiger partial charge >= 0.3 is 0 Å². The van der Waals surface area contributed by atoms with Gasteiger partial charge in [-0.05, 0) is 36.2 Å². The van der Waals surface area contributed by atoms with Gasteiger partial charge in [0.05, 0.1) is 4.90 Å². The van der Waals surface area contributed by atoms with Crippen LogP contribution in [0, 0.1) is 0 Å². The van der Waals surface area contributed by atoms with Gasteiger partial charge < -0.3 is 10.2 Å². The molecule has 0 aliphatic heterocycles. The first kappa shape index (κ1) is 20.6. The van der Waals surface area contributed by atoms with Crippen molar-refractivity contribution in [1.82, 2.24) is 5.32 Å². The van der Waals surface area contributed by atoms with E-state index in [4.69, 9.17) is 5.14 Å². The summed E-state index contributed by atoms with van der Waals surface area (Å²) in [6.07, 6.45) is 0.755. The second-order valence-corrected chi connectivity index (χ2v) is 7.61. The first-order valence-electron chi connectivity index (χ1n) is 8.49. The van der Waals surface area contributed by atoms with Crippen molar-refractivity contribution in [2.45, 2.75) is 24.7 Å². The third-order valence-corrected chi connectivity index (χ3v) is 4.93. The van der Waals surface area contributed by atoms with E-state index in [9.17, 15) is 18.0 Å². The van der Waals surface area contributed by atoms with E-state index < -0.39 is 10.0 Å². The molecule has 0 heterocycles. The highest BCUT2D eigenvalue weighted by molar-refractivity contribution is 7.89. The summed E-state index contributed by atoms with van der Waals surface area (Å²) in [7, 11) is -3.70. The number of nitrogens with two attached hydrogens (primary N) is 1. The molecule has 0 saturated carbocycles. The fourth-order valence-electron chi connectivity index (χ4n) is 2.57. The Kier molecular flexibility index (Phi) is 7.09. The van der Waals surface area contributed by atoms with Crippen LogP contribution in [0.15, 0.2) is 59.5 Å².